The van der Waals surface area contributed by atoms with Crippen LogP contribution in [0, 0.1) is 0 Å². The third-order valence-corrected chi connectivity index (χ3v) is 9.12. The zero-order chi connectivity index (χ0) is 28.6. The number of pyridine rings is 1. The summed E-state index contributed by atoms with van der Waals surface area (Å²) in [6.45, 7) is 2.31. The lowest BCUT2D eigenvalue weighted by Crippen LogP contribution is -2.25. The Bertz CT molecular complexity index is 591. The third kappa shape index (κ3) is 27.3. The molecule has 1 aromatic rings. The van der Waals surface area contributed by atoms with Crippen LogP contribution in [0.25, 0.3) is 0 Å². The van der Waals surface area contributed by atoms with Gasteiger partial charge in [0, 0.05) is 12.1 Å². The molecular formula is C39H74N+. The van der Waals surface area contributed by atoms with E-state index in [9.17, 15) is 0 Å². The van der Waals surface area contributed by atoms with E-state index in [2.05, 4.69) is 43.1 Å². The summed E-state index contributed by atoms with van der Waals surface area (Å²) in [4.78, 5) is 0. The lowest BCUT2D eigenvalue weighted by Gasteiger charge is -2.05. The van der Waals surface area contributed by atoms with Gasteiger partial charge in [0.2, 0.25) is 0 Å². The highest BCUT2D eigenvalue weighted by atomic mass is 14.9. The molecule has 1 aromatic heterocycles. The lowest BCUT2D eigenvalue weighted by molar-refractivity contribution is -0.671. The molecule has 1 rings (SSSR count). The molecule has 234 valence electrons. The maximum atomic E-state index is 2.31. The van der Waals surface area contributed by atoms with Crippen LogP contribution in [0.15, 0.2) is 24.5 Å². The molecule has 0 aliphatic rings. The van der Waals surface area contributed by atoms with Gasteiger partial charge in [0.25, 0.3) is 0 Å². The van der Waals surface area contributed by atoms with Crippen LogP contribution in [-0.2, 0) is 13.5 Å². The molecule has 1 heterocycles. The first-order chi connectivity index (χ1) is 19.8. The number of hydrogen-bond acceptors (Lipinski definition) is 0. The first kappa shape index (κ1) is 37.2. The molecule has 0 bridgehead atoms. The van der Waals surface area contributed by atoms with Gasteiger partial charge >= 0.3 is 0 Å². The second-order valence-electron chi connectivity index (χ2n) is 13.2. The molecular weight excluding hydrogens is 482 g/mol. The minimum absolute atomic E-state index is 1.25. The van der Waals surface area contributed by atoms with E-state index >= 15 is 0 Å². The predicted molar refractivity (Wildman–Crippen MR) is 180 cm³/mol. The molecule has 40 heavy (non-hydrogen) atoms. The Balaban J connectivity index is 1.63. The Morgan fingerprint density at radius 1 is 0.350 bits per heavy atom. The molecule has 0 aliphatic heterocycles. The van der Waals surface area contributed by atoms with Crippen molar-refractivity contribution in [2.24, 2.45) is 7.05 Å². The molecule has 1 nitrogen and oxygen atoms in total. The zero-order valence-corrected chi connectivity index (χ0v) is 27.9. The molecule has 0 N–H and O–H groups in total. The van der Waals surface area contributed by atoms with Crippen LogP contribution in [0.3, 0.4) is 0 Å². The Morgan fingerprint density at radius 3 is 0.825 bits per heavy atom. The van der Waals surface area contributed by atoms with Crippen molar-refractivity contribution >= 4 is 0 Å². The average Bonchev–Trinajstić information content (AvgIpc) is 2.97. The molecule has 0 saturated carbocycles. The summed E-state index contributed by atoms with van der Waals surface area (Å²) >= 11 is 0. The highest BCUT2D eigenvalue weighted by molar-refractivity contribution is 5.06. The summed E-state index contributed by atoms with van der Waals surface area (Å²) in [5.74, 6) is 0. The second kappa shape index (κ2) is 31.1. The smallest absolute Gasteiger partial charge is 0.168 e. The molecule has 0 spiro atoms. The van der Waals surface area contributed by atoms with Crippen LogP contribution in [0.4, 0.5) is 0 Å². The molecule has 0 amide bonds. The van der Waals surface area contributed by atoms with Crippen LogP contribution in [0.2, 0.25) is 0 Å². The number of rotatable bonds is 32. The molecule has 0 radical (unpaired) electrons. The maximum absolute atomic E-state index is 2.31. The van der Waals surface area contributed by atoms with Crippen molar-refractivity contribution in [2.75, 3.05) is 0 Å². The van der Waals surface area contributed by atoms with E-state index in [0.717, 1.165) is 0 Å². The van der Waals surface area contributed by atoms with Crippen molar-refractivity contribution < 1.29 is 4.57 Å². The van der Waals surface area contributed by atoms with Gasteiger partial charge in [-0.15, -0.1) is 0 Å². The molecule has 0 atom stereocenters. The van der Waals surface area contributed by atoms with Crippen LogP contribution < -0.4 is 4.57 Å². The molecule has 0 aliphatic carbocycles. The van der Waals surface area contributed by atoms with E-state index < -0.39 is 0 Å². The fourth-order valence-electron chi connectivity index (χ4n) is 6.23. The van der Waals surface area contributed by atoms with Crippen molar-refractivity contribution in [3.05, 3.63) is 30.1 Å². The van der Waals surface area contributed by atoms with Crippen molar-refractivity contribution in [1.82, 2.24) is 0 Å². The van der Waals surface area contributed by atoms with Crippen molar-refractivity contribution in [3.63, 3.8) is 0 Å². The quantitative estimate of drug-likeness (QED) is 0.0613. The van der Waals surface area contributed by atoms with Gasteiger partial charge in [0.1, 0.15) is 7.05 Å². The normalized spacial score (nSPS) is 11.4. The van der Waals surface area contributed by atoms with Gasteiger partial charge in [-0.25, -0.2) is 4.57 Å². The number of aryl methyl sites for hydroxylation is 2. The maximum Gasteiger partial charge on any atom is 0.168 e. The van der Waals surface area contributed by atoms with E-state index in [1.807, 2.05) is 0 Å². The molecule has 0 saturated heterocycles. The first-order valence-corrected chi connectivity index (χ1v) is 18.8. The number of unbranched alkanes of at least 4 members (excludes halogenated alkanes) is 30. The zero-order valence-electron chi connectivity index (χ0n) is 27.9. The van der Waals surface area contributed by atoms with Gasteiger partial charge in [0.15, 0.2) is 12.4 Å². The van der Waals surface area contributed by atoms with E-state index in [1.165, 1.54) is 211 Å². The van der Waals surface area contributed by atoms with Crippen LogP contribution in [0.5, 0.6) is 0 Å². The summed E-state index contributed by atoms with van der Waals surface area (Å²) in [6.07, 6.45) is 51.1. The van der Waals surface area contributed by atoms with Crippen molar-refractivity contribution in [3.8, 4) is 0 Å². The first-order valence-electron chi connectivity index (χ1n) is 18.8. The van der Waals surface area contributed by atoms with Gasteiger partial charge in [-0.1, -0.05) is 200 Å². The Hall–Kier alpha value is -0.850. The van der Waals surface area contributed by atoms with Gasteiger partial charge in [-0.2, -0.15) is 0 Å². The van der Waals surface area contributed by atoms with Crippen LogP contribution >= 0.6 is 0 Å². The van der Waals surface area contributed by atoms with E-state index in [1.54, 1.807) is 0 Å². The van der Waals surface area contributed by atoms with Gasteiger partial charge in [-0.3, -0.25) is 0 Å². The molecule has 0 fully saturated rings. The van der Waals surface area contributed by atoms with Gasteiger partial charge in [-0.05, 0) is 18.4 Å². The molecule has 0 aromatic carbocycles. The topological polar surface area (TPSA) is 3.88 Å². The standard InChI is InChI=1S/C39H74N/c1-3-4-5-6-7-8-9-10-11-12-13-14-15-16-17-18-19-20-21-22-23-24-25-26-27-28-29-30-31-32-33-34-39-35-37-40(2)38-36-39/h35-38H,3-34H2,1-2H3/q+1. The van der Waals surface area contributed by atoms with E-state index in [4.69, 9.17) is 0 Å². The Labute approximate surface area is 253 Å². The Morgan fingerprint density at radius 2 is 0.575 bits per heavy atom. The molecule has 0 unspecified atom stereocenters. The van der Waals surface area contributed by atoms with E-state index in [-0.39, 0.29) is 0 Å². The summed E-state index contributed by atoms with van der Waals surface area (Å²) in [5, 5.41) is 0. The van der Waals surface area contributed by atoms with E-state index in [0.29, 0.717) is 0 Å². The Kier molecular flexibility index (Phi) is 28.9. The van der Waals surface area contributed by atoms with Crippen LogP contribution in [0.1, 0.15) is 212 Å². The lowest BCUT2D eigenvalue weighted by atomic mass is 10.0. The van der Waals surface area contributed by atoms with Crippen molar-refractivity contribution in [2.45, 2.75) is 212 Å². The van der Waals surface area contributed by atoms with Gasteiger partial charge in [0.05, 0.1) is 0 Å². The fourth-order valence-corrected chi connectivity index (χ4v) is 6.23. The second-order valence-corrected chi connectivity index (χ2v) is 13.2. The predicted octanol–water partition coefficient (Wildman–Crippen LogP) is 13.2. The summed E-state index contributed by atoms with van der Waals surface area (Å²) < 4.78 is 2.12. The van der Waals surface area contributed by atoms with Gasteiger partial charge < -0.3 is 0 Å². The third-order valence-electron chi connectivity index (χ3n) is 9.12. The number of nitrogens with zero attached hydrogens (tertiary/aromatic N) is 1. The highest BCUT2D eigenvalue weighted by Gasteiger charge is 1.98. The number of aromatic nitrogens is 1. The minimum atomic E-state index is 1.25. The number of hydrogen-bond donors (Lipinski definition) is 0. The average molecular weight is 557 g/mol. The largest absolute Gasteiger partial charge is 0.208 e. The summed E-state index contributed by atoms with van der Waals surface area (Å²) in [7, 11) is 2.09. The molecule has 1 heteroatoms. The SMILES string of the molecule is CCCCCCCCCCCCCCCCCCCCCCCCCCCCCCCCCc1cc[n+](C)cc1. The van der Waals surface area contributed by atoms with Crippen molar-refractivity contribution in [1.29, 1.82) is 0 Å². The summed E-state index contributed by atoms with van der Waals surface area (Å²) in [5.41, 5.74) is 1.49. The minimum Gasteiger partial charge on any atom is -0.208 e. The summed E-state index contributed by atoms with van der Waals surface area (Å²) in [6, 6.07) is 4.53. The highest BCUT2D eigenvalue weighted by Crippen LogP contribution is 2.17. The fraction of sp³-hybridized carbons (Fsp3) is 0.872. The van der Waals surface area contributed by atoms with Crippen LogP contribution in [-0.4, -0.2) is 0 Å². The monoisotopic (exact) mass is 557 g/mol.